The molecule has 0 radical (unpaired) electrons. The number of rotatable bonds is 4. The molecule has 2 fully saturated rings. The van der Waals surface area contributed by atoms with Gasteiger partial charge in [0, 0.05) is 32.7 Å². The summed E-state index contributed by atoms with van der Waals surface area (Å²) in [5, 5.41) is 14.3. The van der Waals surface area contributed by atoms with Crippen molar-refractivity contribution in [3.05, 3.63) is 0 Å². The molecule has 112 valence electrons. The van der Waals surface area contributed by atoms with Gasteiger partial charge in [0.05, 0.1) is 12.0 Å². The molecule has 0 aromatic rings. The van der Waals surface area contributed by atoms with Crippen LogP contribution in [0.2, 0.25) is 0 Å². The average molecular weight is 284 g/mol. The van der Waals surface area contributed by atoms with Crippen molar-refractivity contribution in [1.82, 2.24) is 20.4 Å². The van der Waals surface area contributed by atoms with E-state index in [0.717, 1.165) is 0 Å². The third kappa shape index (κ3) is 2.94. The summed E-state index contributed by atoms with van der Waals surface area (Å²) in [6, 6.07) is -0.320. The molecule has 2 atom stereocenters. The van der Waals surface area contributed by atoms with E-state index in [4.69, 9.17) is 5.11 Å². The van der Waals surface area contributed by atoms with Crippen molar-refractivity contribution in [3.63, 3.8) is 0 Å². The Morgan fingerprint density at radius 3 is 2.90 bits per heavy atom. The van der Waals surface area contributed by atoms with E-state index in [1.54, 1.807) is 16.7 Å². The van der Waals surface area contributed by atoms with Crippen LogP contribution >= 0.6 is 0 Å². The van der Waals surface area contributed by atoms with Crippen LogP contribution in [0.1, 0.15) is 13.3 Å². The summed E-state index contributed by atoms with van der Waals surface area (Å²) in [6.07, 6.45) is 0.477. The van der Waals surface area contributed by atoms with Gasteiger partial charge in [0.1, 0.15) is 0 Å². The molecule has 2 unspecified atom stereocenters. The van der Waals surface area contributed by atoms with E-state index in [9.17, 15) is 14.4 Å². The Hall–Kier alpha value is -1.99. The van der Waals surface area contributed by atoms with Crippen molar-refractivity contribution in [2.75, 3.05) is 32.7 Å². The largest absolute Gasteiger partial charge is 0.481 e. The molecule has 0 bridgehead atoms. The number of aliphatic carboxylic acids is 1. The molecule has 2 saturated heterocycles. The molecule has 0 aromatic heterocycles. The highest BCUT2D eigenvalue weighted by Crippen LogP contribution is 2.14. The number of carbonyl (C=O) groups is 3. The first kappa shape index (κ1) is 14.4. The number of piperazine rings is 1. The molecule has 2 heterocycles. The number of carboxylic acid groups (broad SMARTS) is 1. The number of carbonyl (C=O) groups excluding carboxylic acids is 2. The van der Waals surface area contributed by atoms with Crippen molar-refractivity contribution in [2.24, 2.45) is 5.92 Å². The van der Waals surface area contributed by atoms with Gasteiger partial charge in [-0.3, -0.25) is 4.79 Å². The van der Waals surface area contributed by atoms with Crippen molar-refractivity contribution < 1.29 is 19.5 Å². The van der Waals surface area contributed by atoms with E-state index < -0.39 is 11.9 Å². The van der Waals surface area contributed by atoms with Gasteiger partial charge >= 0.3 is 18.0 Å². The maximum atomic E-state index is 12.0. The molecule has 0 saturated carbocycles. The summed E-state index contributed by atoms with van der Waals surface area (Å²) in [5.41, 5.74) is 0. The molecular weight excluding hydrogens is 264 g/mol. The zero-order chi connectivity index (χ0) is 14.7. The summed E-state index contributed by atoms with van der Waals surface area (Å²) in [5.74, 6) is -1.46. The van der Waals surface area contributed by atoms with Crippen molar-refractivity contribution in [1.29, 1.82) is 0 Å². The minimum Gasteiger partial charge on any atom is -0.481 e. The van der Waals surface area contributed by atoms with Crippen molar-refractivity contribution in [3.8, 4) is 0 Å². The molecule has 4 amide bonds. The van der Waals surface area contributed by atoms with E-state index in [2.05, 4.69) is 10.6 Å². The molecule has 3 N–H and O–H groups in total. The maximum Gasteiger partial charge on any atom is 0.317 e. The van der Waals surface area contributed by atoms with Gasteiger partial charge in [-0.05, 0) is 6.42 Å². The molecule has 0 aromatic carbocycles. The van der Waals surface area contributed by atoms with Gasteiger partial charge in [-0.25, -0.2) is 9.59 Å². The number of nitrogens with one attached hydrogen (secondary N) is 2. The fourth-order valence-corrected chi connectivity index (χ4v) is 2.52. The summed E-state index contributed by atoms with van der Waals surface area (Å²) >= 11 is 0. The van der Waals surface area contributed by atoms with Crippen LogP contribution in [-0.2, 0) is 4.79 Å². The van der Waals surface area contributed by atoms with Gasteiger partial charge < -0.3 is 25.5 Å². The van der Waals surface area contributed by atoms with Gasteiger partial charge in [0.2, 0.25) is 0 Å². The van der Waals surface area contributed by atoms with Gasteiger partial charge in [-0.1, -0.05) is 6.92 Å². The zero-order valence-corrected chi connectivity index (χ0v) is 11.5. The van der Waals surface area contributed by atoms with Gasteiger partial charge in [0.25, 0.3) is 0 Å². The third-order valence-corrected chi connectivity index (χ3v) is 3.86. The van der Waals surface area contributed by atoms with Crippen LogP contribution in [0.25, 0.3) is 0 Å². The summed E-state index contributed by atoms with van der Waals surface area (Å²) < 4.78 is 0. The Kier molecular flexibility index (Phi) is 4.31. The van der Waals surface area contributed by atoms with E-state index in [0.29, 0.717) is 32.6 Å². The second-order valence-electron chi connectivity index (χ2n) is 5.11. The number of nitrogens with zero attached hydrogens (tertiary/aromatic N) is 2. The third-order valence-electron chi connectivity index (χ3n) is 3.86. The van der Waals surface area contributed by atoms with Crippen molar-refractivity contribution in [2.45, 2.75) is 19.4 Å². The molecule has 8 nitrogen and oxygen atoms in total. The lowest BCUT2D eigenvalue weighted by Gasteiger charge is -2.36. The van der Waals surface area contributed by atoms with Crippen LogP contribution in [0.5, 0.6) is 0 Å². The highest BCUT2D eigenvalue weighted by atomic mass is 16.4. The fraction of sp³-hybridized carbons (Fsp3) is 0.750. The molecule has 2 rings (SSSR count). The summed E-state index contributed by atoms with van der Waals surface area (Å²) in [4.78, 5) is 37.7. The number of hydrogen-bond acceptors (Lipinski definition) is 3. The Labute approximate surface area is 117 Å². The predicted molar refractivity (Wildman–Crippen MR) is 70.3 cm³/mol. The van der Waals surface area contributed by atoms with Crippen LogP contribution in [0.4, 0.5) is 9.59 Å². The highest BCUT2D eigenvalue weighted by Gasteiger charge is 2.36. The second-order valence-corrected chi connectivity index (χ2v) is 5.11. The number of fused-ring (bicyclic) bond motifs is 1. The van der Waals surface area contributed by atoms with Gasteiger partial charge in [-0.15, -0.1) is 0 Å². The van der Waals surface area contributed by atoms with Crippen LogP contribution in [0, 0.1) is 5.92 Å². The minimum atomic E-state index is -0.900. The lowest BCUT2D eigenvalue weighted by atomic mass is 10.1. The Morgan fingerprint density at radius 1 is 1.50 bits per heavy atom. The highest BCUT2D eigenvalue weighted by molar-refractivity contribution is 5.79. The smallest absolute Gasteiger partial charge is 0.317 e. The average Bonchev–Trinajstić information content (AvgIpc) is 2.80. The van der Waals surface area contributed by atoms with Crippen LogP contribution < -0.4 is 10.6 Å². The minimum absolute atomic E-state index is 0.0171. The Balaban J connectivity index is 1.82. The second kappa shape index (κ2) is 5.98. The quantitative estimate of drug-likeness (QED) is 0.648. The first-order chi connectivity index (χ1) is 9.52. The lowest BCUT2D eigenvalue weighted by molar-refractivity contribution is -0.141. The first-order valence-electron chi connectivity index (χ1n) is 6.83. The van der Waals surface area contributed by atoms with E-state index >= 15 is 0 Å². The molecule has 0 spiro atoms. The SMILES string of the molecule is CCC(CNC(=O)N1CCN2C(=O)NCC2C1)C(=O)O. The summed E-state index contributed by atoms with van der Waals surface area (Å²) in [6.45, 7) is 3.93. The van der Waals surface area contributed by atoms with E-state index in [-0.39, 0.29) is 24.6 Å². The standard InChI is InChI=1S/C12H20N4O4/c1-2-8(10(17)18)5-13-11(19)15-3-4-16-9(7-15)6-14-12(16)20/h8-9H,2-7H2,1H3,(H,13,19)(H,14,20)(H,17,18). The topological polar surface area (TPSA) is 102 Å². The number of amides is 4. The number of urea groups is 2. The van der Waals surface area contributed by atoms with Crippen LogP contribution in [-0.4, -0.2) is 71.7 Å². The van der Waals surface area contributed by atoms with Crippen LogP contribution in [0.15, 0.2) is 0 Å². The lowest BCUT2D eigenvalue weighted by Crippen LogP contribution is -2.56. The normalized spacial score (nSPS) is 23.1. The van der Waals surface area contributed by atoms with Gasteiger partial charge in [0.15, 0.2) is 0 Å². The Morgan fingerprint density at radius 2 is 2.25 bits per heavy atom. The maximum absolute atomic E-state index is 12.0. The zero-order valence-electron chi connectivity index (χ0n) is 11.5. The molecule has 0 aliphatic carbocycles. The van der Waals surface area contributed by atoms with Crippen LogP contribution in [0.3, 0.4) is 0 Å². The fourth-order valence-electron chi connectivity index (χ4n) is 2.52. The molecular formula is C12H20N4O4. The molecule has 20 heavy (non-hydrogen) atoms. The monoisotopic (exact) mass is 284 g/mol. The molecule has 2 aliphatic rings. The van der Waals surface area contributed by atoms with Gasteiger partial charge in [-0.2, -0.15) is 0 Å². The predicted octanol–water partition coefficient (Wildman–Crippen LogP) is -0.484. The number of hydrogen-bond donors (Lipinski definition) is 3. The molecule has 2 aliphatic heterocycles. The molecule has 8 heteroatoms. The Bertz CT molecular complexity index is 414. The van der Waals surface area contributed by atoms with E-state index in [1.165, 1.54) is 0 Å². The first-order valence-corrected chi connectivity index (χ1v) is 6.83. The summed E-state index contributed by atoms with van der Waals surface area (Å²) in [7, 11) is 0. The van der Waals surface area contributed by atoms with Crippen molar-refractivity contribution >= 4 is 18.0 Å². The number of carboxylic acids is 1. The van der Waals surface area contributed by atoms with E-state index in [1.807, 2.05) is 0 Å².